The zero-order chi connectivity index (χ0) is 17.8. The number of hydrogen-bond donors (Lipinski definition) is 0. The Morgan fingerprint density at radius 1 is 1.00 bits per heavy atom. The first-order valence-corrected chi connectivity index (χ1v) is 8.14. The van der Waals surface area contributed by atoms with Crippen molar-refractivity contribution in [2.75, 3.05) is 11.9 Å². The van der Waals surface area contributed by atoms with Crippen molar-refractivity contribution in [2.45, 2.75) is 13.5 Å². The molecule has 0 aliphatic heterocycles. The number of para-hydroxylation sites is 1. The number of benzene rings is 2. The largest absolute Gasteiger partial charge is 0.311 e. The molecule has 126 valence electrons. The minimum atomic E-state index is -0.310. The highest BCUT2D eigenvalue weighted by Crippen LogP contribution is 2.13. The van der Waals surface area contributed by atoms with Crippen molar-refractivity contribution in [1.29, 1.82) is 0 Å². The zero-order valence-corrected chi connectivity index (χ0v) is 14.3. The summed E-state index contributed by atoms with van der Waals surface area (Å²) in [4.78, 5) is 27.0. The maximum atomic E-state index is 12.8. The van der Waals surface area contributed by atoms with E-state index in [1.165, 1.54) is 4.90 Å². The quantitative estimate of drug-likeness (QED) is 0.734. The average Bonchev–Trinajstić information content (AvgIpc) is 2.63. The molecule has 0 aliphatic rings. The van der Waals surface area contributed by atoms with Gasteiger partial charge in [-0.25, -0.2) is 0 Å². The number of carbonyl (C=O) groups excluding carboxylic acids is 1. The summed E-state index contributed by atoms with van der Waals surface area (Å²) in [6.07, 6.45) is 1.71. The van der Waals surface area contributed by atoms with Crippen LogP contribution in [0, 0.1) is 6.92 Å². The predicted molar refractivity (Wildman–Crippen MR) is 100 cm³/mol. The third-order valence-corrected chi connectivity index (χ3v) is 4.13. The van der Waals surface area contributed by atoms with Crippen molar-refractivity contribution in [3.8, 4) is 0 Å². The van der Waals surface area contributed by atoms with Crippen molar-refractivity contribution in [3.05, 3.63) is 100.0 Å². The molecule has 25 heavy (non-hydrogen) atoms. The molecule has 0 N–H and O–H groups in total. The molecular formula is C21H20N2O2. The van der Waals surface area contributed by atoms with Crippen molar-refractivity contribution in [3.63, 3.8) is 0 Å². The van der Waals surface area contributed by atoms with Crippen LogP contribution in [-0.4, -0.2) is 17.5 Å². The maximum Gasteiger partial charge on any atom is 0.263 e. The van der Waals surface area contributed by atoms with Crippen LogP contribution in [0.1, 0.15) is 21.5 Å². The molecule has 0 bridgehead atoms. The summed E-state index contributed by atoms with van der Waals surface area (Å²) in [5.74, 6) is -0.310. The molecule has 0 fully saturated rings. The molecule has 0 saturated heterocycles. The number of nitrogens with zero attached hydrogens (tertiary/aromatic N) is 2. The van der Waals surface area contributed by atoms with E-state index in [4.69, 9.17) is 0 Å². The van der Waals surface area contributed by atoms with Gasteiger partial charge in [-0.3, -0.25) is 9.59 Å². The van der Waals surface area contributed by atoms with Gasteiger partial charge in [-0.05, 0) is 36.8 Å². The minimum absolute atomic E-state index is 0.168. The van der Waals surface area contributed by atoms with Crippen molar-refractivity contribution in [1.82, 2.24) is 4.57 Å². The first-order valence-electron chi connectivity index (χ1n) is 8.14. The number of aryl methyl sites for hydroxylation is 1. The van der Waals surface area contributed by atoms with E-state index in [1.807, 2.05) is 61.5 Å². The highest BCUT2D eigenvalue weighted by Gasteiger charge is 2.17. The van der Waals surface area contributed by atoms with Gasteiger partial charge in [0.05, 0.1) is 6.54 Å². The van der Waals surface area contributed by atoms with Crippen LogP contribution in [0.25, 0.3) is 0 Å². The Labute approximate surface area is 147 Å². The monoisotopic (exact) mass is 332 g/mol. The van der Waals surface area contributed by atoms with Gasteiger partial charge in [0, 0.05) is 18.9 Å². The normalized spacial score (nSPS) is 10.5. The minimum Gasteiger partial charge on any atom is -0.311 e. The van der Waals surface area contributed by atoms with E-state index >= 15 is 0 Å². The van der Waals surface area contributed by atoms with E-state index in [0.717, 1.165) is 16.8 Å². The van der Waals surface area contributed by atoms with Crippen LogP contribution in [0.4, 0.5) is 5.69 Å². The highest BCUT2D eigenvalue weighted by atomic mass is 16.2. The second-order valence-corrected chi connectivity index (χ2v) is 6.04. The molecule has 1 aromatic heterocycles. The van der Waals surface area contributed by atoms with Gasteiger partial charge in [0.2, 0.25) is 0 Å². The molecule has 1 heterocycles. The molecular weight excluding hydrogens is 312 g/mol. The topological polar surface area (TPSA) is 42.3 Å². The Hall–Kier alpha value is -3.14. The molecule has 2 aromatic carbocycles. The van der Waals surface area contributed by atoms with Crippen LogP contribution in [0.2, 0.25) is 0 Å². The lowest BCUT2D eigenvalue weighted by molar-refractivity contribution is 0.0991. The van der Waals surface area contributed by atoms with Gasteiger partial charge in [-0.15, -0.1) is 0 Å². The Kier molecular flexibility index (Phi) is 4.80. The number of amides is 1. The number of aromatic nitrogens is 1. The summed E-state index contributed by atoms with van der Waals surface area (Å²) in [5.41, 5.74) is 2.81. The molecule has 4 heteroatoms. The van der Waals surface area contributed by atoms with Crippen molar-refractivity contribution >= 4 is 11.6 Å². The van der Waals surface area contributed by atoms with Crippen LogP contribution < -0.4 is 10.5 Å². The third kappa shape index (κ3) is 3.69. The second kappa shape index (κ2) is 7.18. The number of carbonyl (C=O) groups is 1. The molecule has 0 spiro atoms. The van der Waals surface area contributed by atoms with Gasteiger partial charge in [-0.1, -0.05) is 48.0 Å². The Morgan fingerprint density at radius 2 is 1.76 bits per heavy atom. The average molecular weight is 332 g/mol. The molecule has 0 unspecified atom stereocenters. The molecule has 0 atom stereocenters. The molecule has 4 nitrogen and oxygen atoms in total. The lowest BCUT2D eigenvalue weighted by Crippen LogP contribution is -2.34. The van der Waals surface area contributed by atoms with Crippen LogP contribution in [0.15, 0.2) is 77.7 Å². The van der Waals surface area contributed by atoms with Gasteiger partial charge in [0.25, 0.3) is 11.5 Å². The SMILES string of the molecule is Cc1cccc(Cn2cccc(C(=O)N(C)c3ccccc3)c2=O)c1. The van der Waals surface area contributed by atoms with E-state index in [0.29, 0.717) is 6.54 Å². The van der Waals surface area contributed by atoms with Gasteiger partial charge in [0.1, 0.15) is 5.56 Å². The Bertz CT molecular complexity index is 945. The fourth-order valence-corrected chi connectivity index (χ4v) is 2.78. The molecule has 0 aliphatic carbocycles. The van der Waals surface area contributed by atoms with Crippen molar-refractivity contribution in [2.24, 2.45) is 0 Å². The van der Waals surface area contributed by atoms with Crippen LogP contribution in [-0.2, 0) is 6.54 Å². The maximum absolute atomic E-state index is 12.8. The first kappa shape index (κ1) is 16.7. The van der Waals surface area contributed by atoms with Gasteiger partial charge < -0.3 is 9.47 Å². The molecule has 3 aromatic rings. The summed E-state index contributed by atoms with van der Waals surface area (Å²) in [5, 5.41) is 0. The highest BCUT2D eigenvalue weighted by molar-refractivity contribution is 6.05. The lowest BCUT2D eigenvalue weighted by Gasteiger charge is -2.17. The summed E-state index contributed by atoms with van der Waals surface area (Å²) >= 11 is 0. The molecule has 0 radical (unpaired) electrons. The standard InChI is InChI=1S/C21H20N2O2/c1-16-8-6-9-17(14-16)15-23-13-7-12-19(21(23)25)20(24)22(2)18-10-4-3-5-11-18/h3-14H,15H2,1-2H3. The van der Waals surface area contributed by atoms with E-state index in [2.05, 4.69) is 0 Å². The van der Waals surface area contributed by atoms with E-state index in [1.54, 1.807) is 29.9 Å². The number of rotatable bonds is 4. The number of anilines is 1. The smallest absolute Gasteiger partial charge is 0.263 e. The summed E-state index contributed by atoms with van der Waals surface area (Å²) in [6.45, 7) is 2.46. The van der Waals surface area contributed by atoms with Crippen molar-refractivity contribution < 1.29 is 4.79 Å². The fraction of sp³-hybridized carbons (Fsp3) is 0.143. The van der Waals surface area contributed by atoms with E-state index < -0.39 is 0 Å². The molecule has 1 amide bonds. The fourth-order valence-electron chi connectivity index (χ4n) is 2.78. The van der Waals surface area contributed by atoms with Gasteiger partial charge in [0.15, 0.2) is 0 Å². The number of pyridine rings is 1. The van der Waals surface area contributed by atoms with Gasteiger partial charge in [-0.2, -0.15) is 0 Å². The summed E-state index contributed by atoms with van der Waals surface area (Å²) in [6, 6.07) is 20.6. The predicted octanol–water partition coefficient (Wildman–Crippen LogP) is 3.48. The van der Waals surface area contributed by atoms with Crippen LogP contribution >= 0.6 is 0 Å². The molecule has 0 saturated carbocycles. The van der Waals surface area contributed by atoms with Crippen LogP contribution in [0.3, 0.4) is 0 Å². The van der Waals surface area contributed by atoms with Gasteiger partial charge >= 0.3 is 0 Å². The summed E-state index contributed by atoms with van der Waals surface area (Å²) in [7, 11) is 1.68. The van der Waals surface area contributed by atoms with E-state index in [9.17, 15) is 9.59 Å². The number of hydrogen-bond acceptors (Lipinski definition) is 2. The third-order valence-electron chi connectivity index (χ3n) is 4.13. The Morgan fingerprint density at radius 3 is 2.48 bits per heavy atom. The second-order valence-electron chi connectivity index (χ2n) is 6.04. The molecule has 3 rings (SSSR count). The zero-order valence-electron chi connectivity index (χ0n) is 14.3. The summed E-state index contributed by atoms with van der Waals surface area (Å²) < 4.78 is 1.57. The van der Waals surface area contributed by atoms with E-state index in [-0.39, 0.29) is 17.0 Å². The Balaban J connectivity index is 1.91. The lowest BCUT2D eigenvalue weighted by atomic mass is 10.1. The first-order chi connectivity index (χ1) is 12.1. The van der Waals surface area contributed by atoms with Crippen LogP contribution in [0.5, 0.6) is 0 Å².